The van der Waals surface area contributed by atoms with E-state index in [4.69, 9.17) is 9.47 Å². The fourth-order valence-corrected chi connectivity index (χ4v) is 3.60. The minimum absolute atomic E-state index is 0.0344. The maximum atomic E-state index is 13.3. The Morgan fingerprint density at radius 1 is 0.853 bits per heavy atom. The van der Waals surface area contributed by atoms with Gasteiger partial charge in [0, 0.05) is 19.3 Å². The Labute approximate surface area is 200 Å². The summed E-state index contributed by atoms with van der Waals surface area (Å²) in [4.78, 5) is 30.5. The van der Waals surface area contributed by atoms with Crippen molar-refractivity contribution in [2.45, 2.75) is 26.7 Å². The van der Waals surface area contributed by atoms with E-state index in [9.17, 15) is 14.7 Å². The first-order chi connectivity index (χ1) is 16.5. The van der Waals surface area contributed by atoms with Gasteiger partial charge in [-0.05, 0) is 74.2 Å². The molecule has 34 heavy (non-hydrogen) atoms. The van der Waals surface area contributed by atoms with Crippen molar-refractivity contribution in [3.8, 4) is 11.5 Å². The number of aromatic nitrogens is 1. The summed E-state index contributed by atoms with van der Waals surface area (Å²) in [6, 6.07) is 18.3. The van der Waals surface area contributed by atoms with Crippen molar-refractivity contribution in [1.29, 1.82) is 0 Å². The lowest BCUT2D eigenvalue weighted by Gasteiger charge is -2.23. The minimum atomic E-state index is -1.09. The number of rotatable bonds is 12. The first-order valence-electron chi connectivity index (χ1n) is 11.4. The molecule has 0 saturated heterocycles. The highest BCUT2D eigenvalue weighted by Crippen LogP contribution is 2.17. The van der Waals surface area contributed by atoms with E-state index in [-0.39, 0.29) is 17.2 Å². The zero-order chi connectivity index (χ0) is 24.3. The molecule has 1 heterocycles. The third kappa shape index (κ3) is 7.07. The van der Waals surface area contributed by atoms with Crippen molar-refractivity contribution in [2.24, 2.45) is 0 Å². The van der Waals surface area contributed by atoms with Gasteiger partial charge in [0.25, 0.3) is 5.91 Å². The van der Waals surface area contributed by atoms with E-state index in [1.807, 2.05) is 62.4 Å². The number of amides is 1. The molecule has 0 radical (unpaired) electrons. The van der Waals surface area contributed by atoms with E-state index in [1.54, 1.807) is 4.90 Å². The van der Waals surface area contributed by atoms with E-state index in [2.05, 4.69) is 4.98 Å². The molecule has 7 nitrogen and oxygen atoms in total. The van der Waals surface area contributed by atoms with Crippen LogP contribution in [0.1, 0.15) is 45.8 Å². The first-order valence-corrected chi connectivity index (χ1v) is 11.4. The summed E-state index contributed by atoms with van der Waals surface area (Å²) >= 11 is 0. The number of carboxylic acids is 1. The molecule has 2 aromatic carbocycles. The molecule has 178 valence electrons. The Bertz CT molecular complexity index is 1060. The van der Waals surface area contributed by atoms with Gasteiger partial charge in [-0.3, -0.25) is 9.78 Å². The maximum absolute atomic E-state index is 13.3. The maximum Gasteiger partial charge on any atom is 0.335 e. The number of benzene rings is 2. The van der Waals surface area contributed by atoms with Gasteiger partial charge in [-0.1, -0.05) is 24.3 Å². The van der Waals surface area contributed by atoms with Crippen molar-refractivity contribution in [3.05, 3.63) is 89.2 Å². The topological polar surface area (TPSA) is 89.0 Å². The van der Waals surface area contributed by atoms with E-state index in [1.165, 1.54) is 18.3 Å². The van der Waals surface area contributed by atoms with Crippen LogP contribution >= 0.6 is 0 Å². The lowest BCUT2D eigenvalue weighted by atomic mass is 10.1. The largest absolute Gasteiger partial charge is 0.494 e. The summed E-state index contributed by atoms with van der Waals surface area (Å²) in [5.41, 5.74) is 2.25. The molecule has 3 aromatic rings. The van der Waals surface area contributed by atoms with Crippen LogP contribution in [0, 0.1) is 0 Å². The number of carbonyl (C=O) groups excluding carboxylic acids is 1. The average Bonchev–Trinajstić information content (AvgIpc) is 2.85. The molecule has 0 aliphatic rings. The van der Waals surface area contributed by atoms with Gasteiger partial charge in [-0.25, -0.2) is 4.79 Å². The fourth-order valence-electron chi connectivity index (χ4n) is 3.60. The lowest BCUT2D eigenvalue weighted by Crippen LogP contribution is -2.35. The summed E-state index contributed by atoms with van der Waals surface area (Å²) in [7, 11) is 0. The molecular formula is C27H30N2O5. The summed E-state index contributed by atoms with van der Waals surface area (Å²) in [5, 5.41) is 9.30. The molecule has 0 unspecified atom stereocenters. The lowest BCUT2D eigenvalue weighted by molar-refractivity contribution is 0.0696. The van der Waals surface area contributed by atoms with Crippen LogP contribution in [0.5, 0.6) is 11.5 Å². The summed E-state index contributed by atoms with van der Waals surface area (Å²) in [6.45, 7) is 5.95. The molecule has 0 atom stereocenters. The Kier molecular flexibility index (Phi) is 9.03. The number of pyridine rings is 1. The summed E-state index contributed by atoms with van der Waals surface area (Å²) in [5.74, 6) is 0.191. The number of hydrogen-bond donors (Lipinski definition) is 1. The molecule has 1 N–H and O–H groups in total. The van der Waals surface area contributed by atoms with Crippen molar-refractivity contribution >= 4 is 11.9 Å². The zero-order valence-corrected chi connectivity index (χ0v) is 19.6. The molecular weight excluding hydrogens is 432 g/mol. The van der Waals surface area contributed by atoms with Gasteiger partial charge in [0.2, 0.25) is 0 Å². The monoisotopic (exact) mass is 462 g/mol. The highest BCUT2D eigenvalue weighted by molar-refractivity contribution is 5.95. The molecule has 7 heteroatoms. The molecule has 1 aromatic heterocycles. The second-order valence-electron chi connectivity index (χ2n) is 7.69. The van der Waals surface area contributed by atoms with Crippen LogP contribution in [0.2, 0.25) is 0 Å². The summed E-state index contributed by atoms with van der Waals surface area (Å²) in [6.07, 6.45) is 2.61. The van der Waals surface area contributed by atoms with Gasteiger partial charge < -0.3 is 19.5 Å². The number of nitrogens with zero attached hydrogens (tertiary/aromatic N) is 2. The van der Waals surface area contributed by atoms with Crippen LogP contribution in [0.3, 0.4) is 0 Å². The SMILES string of the molecule is CCOc1cccc(CCN(CCc2cccc(OCC)c2)C(=O)c2cc(C(=O)O)ccn2)c1. The Balaban J connectivity index is 1.78. The Hall–Kier alpha value is -3.87. The third-order valence-electron chi connectivity index (χ3n) is 5.27. The van der Waals surface area contributed by atoms with Gasteiger partial charge in [0.15, 0.2) is 0 Å². The smallest absolute Gasteiger partial charge is 0.335 e. The molecule has 0 aliphatic carbocycles. The third-order valence-corrected chi connectivity index (χ3v) is 5.27. The van der Waals surface area contributed by atoms with Crippen molar-refractivity contribution < 1.29 is 24.2 Å². The van der Waals surface area contributed by atoms with Crippen LogP contribution in [0.25, 0.3) is 0 Å². The minimum Gasteiger partial charge on any atom is -0.494 e. The van der Waals surface area contributed by atoms with Crippen LogP contribution < -0.4 is 9.47 Å². The van der Waals surface area contributed by atoms with E-state index in [0.717, 1.165) is 22.6 Å². The van der Waals surface area contributed by atoms with Crippen molar-refractivity contribution in [3.63, 3.8) is 0 Å². The molecule has 0 spiro atoms. The quantitative estimate of drug-likeness (QED) is 0.426. The highest BCUT2D eigenvalue weighted by Gasteiger charge is 2.19. The predicted octanol–water partition coefficient (Wildman–Crippen LogP) is 4.50. The number of hydrogen-bond acceptors (Lipinski definition) is 5. The predicted molar refractivity (Wildman–Crippen MR) is 130 cm³/mol. The van der Waals surface area contributed by atoms with Crippen LogP contribution in [-0.2, 0) is 12.8 Å². The first kappa shape index (κ1) is 24.8. The van der Waals surface area contributed by atoms with Crippen molar-refractivity contribution in [1.82, 2.24) is 9.88 Å². The molecule has 0 bridgehead atoms. The van der Waals surface area contributed by atoms with Crippen LogP contribution in [0.15, 0.2) is 66.9 Å². The standard InChI is InChI=1S/C27H30N2O5/c1-3-33-23-9-5-7-20(17-23)12-15-29(16-13-21-8-6-10-24(18-21)34-4-2)26(30)25-19-22(27(31)32)11-14-28-25/h5-11,14,17-19H,3-4,12-13,15-16H2,1-2H3,(H,31,32). The number of carboxylic acid groups (broad SMARTS) is 1. The van der Waals surface area contributed by atoms with Crippen LogP contribution in [0.4, 0.5) is 0 Å². The molecule has 0 fully saturated rings. The zero-order valence-electron chi connectivity index (χ0n) is 19.6. The summed E-state index contributed by atoms with van der Waals surface area (Å²) < 4.78 is 11.2. The highest BCUT2D eigenvalue weighted by atomic mass is 16.5. The van der Waals surface area contributed by atoms with Crippen molar-refractivity contribution in [2.75, 3.05) is 26.3 Å². The number of ether oxygens (including phenoxy) is 2. The average molecular weight is 463 g/mol. The Morgan fingerprint density at radius 3 is 1.91 bits per heavy atom. The van der Waals surface area contributed by atoms with Crippen LogP contribution in [-0.4, -0.2) is 53.2 Å². The Morgan fingerprint density at radius 2 is 1.41 bits per heavy atom. The fraction of sp³-hybridized carbons (Fsp3) is 0.296. The van der Waals surface area contributed by atoms with Gasteiger partial charge in [-0.15, -0.1) is 0 Å². The second kappa shape index (κ2) is 12.4. The van der Waals surface area contributed by atoms with Gasteiger partial charge in [-0.2, -0.15) is 0 Å². The van der Waals surface area contributed by atoms with Gasteiger partial charge in [0.05, 0.1) is 18.8 Å². The van der Waals surface area contributed by atoms with E-state index < -0.39 is 5.97 Å². The molecule has 1 amide bonds. The van der Waals surface area contributed by atoms with Gasteiger partial charge in [0.1, 0.15) is 17.2 Å². The normalized spacial score (nSPS) is 10.5. The van der Waals surface area contributed by atoms with Gasteiger partial charge >= 0.3 is 5.97 Å². The molecule has 0 saturated carbocycles. The number of aromatic carboxylic acids is 1. The van der Waals surface area contributed by atoms with E-state index >= 15 is 0 Å². The molecule has 0 aliphatic heterocycles. The van der Waals surface area contributed by atoms with E-state index in [0.29, 0.717) is 39.1 Å². The molecule has 3 rings (SSSR count). The second-order valence-corrected chi connectivity index (χ2v) is 7.69. The number of carbonyl (C=O) groups is 2.